The molecule has 0 radical (unpaired) electrons. The number of ether oxygens (including phenoxy) is 1. The van der Waals surface area contributed by atoms with Gasteiger partial charge in [0, 0.05) is 25.4 Å². The molecule has 3 heterocycles. The van der Waals surface area contributed by atoms with Gasteiger partial charge in [-0.2, -0.15) is 0 Å². The molecule has 5 rings (SSSR count). The molecular weight excluding hydrogens is 364 g/mol. The lowest BCUT2D eigenvalue weighted by Gasteiger charge is -2.19. The molecule has 0 spiro atoms. The third-order valence-corrected chi connectivity index (χ3v) is 6.16. The Balaban J connectivity index is 1.28. The van der Waals surface area contributed by atoms with Crippen molar-refractivity contribution < 1.29 is 9.53 Å². The number of benzene rings is 1. The average Bonchev–Trinajstić information content (AvgIpc) is 3.47. The Morgan fingerprint density at radius 1 is 1.10 bits per heavy atom. The van der Waals surface area contributed by atoms with Crippen molar-refractivity contribution in [3.63, 3.8) is 0 Å². The Kier molecular flexibility index (Phi) is 4.70. The van der Waals surface area contributed by atoms with Crippen molar-refractivity contribution in [3.8, 4) is 5.88 Å². The van der Waals surface area contributed by atoms with Crippen molar-refractivity contribution >= 4 is 16.9 Å². The molecule has 6 heteroatoms. The van der Waals surface area contributed by atoms with Gasteiger partial charge in [0.15, 0.2) is 0 Å². The topological polar surface area (TPSA) is 60.2 Å². The number of hydrogen-bond donors (Lipinski definition) is 0. The van der Waals surface area contributed by atoms with E-state index in [4.69, 9.17) is 4.74 Å². The number of amides is 1. The summed E-state index contributed by atoms with van der Waals surface area (Å²) in [6.45, 7) is 3.48. The predicted octanol–water partition coefficient (Wildman–Crippen LogP) is 4.15. The van der Waals surface area contributed by atoms with Crippen LogP contribution in [0.25, 0.3) is 11.0 Å². The van der Waals surface area contributed by atoms with Crippen LogP contribution >= 0.6 is 0 Å². The summed E-state index contributed by atoms with van der Waals surface area (Å²) in [5.74, 6) is 1.66. The highest BCUT2D eigenvalue weighted by molar-refractivity contribution is 5.94. The van der Waals surface area contributed by atoms with Crippen LogP contribution in [-0.2, 0) is 0 Å². The molecule has 0 unspecified atom stereocenters. The highest BCUT2D eigenvalue weighted by Gasteiger charge is 2.30. The van der Waals surface area contributed by atoms with E-state index in [1.807, 2.05) is 42.2 Å². The van der Waals surface area contributed by atoms with E-state index in [1.54, 1.807) is 6.20 Å². The number of aromatic nitrogens is 3. The number of hydrogen-bond acceptors (Lipinski definition) is 4. The van der Waals surface area contributed by atoms with Crippen molar-refractivity contribution in [2.75, 3.05) is 13.1 Å². The number of fused-ring (bicyclic) bond motifs is 1. The van der Waals surface area contributed by atoms with E-state index in [0.717, 1.165) is 42.7 Å². The van der Waals surface area contributed by atoms with Crippen LogP contribution in [0.3, 0.4) is 0 Å². The van der Waals surface area contributed by atoms with Crippen LogP contribution < -0.4 is 4.74 Å². The van der Waals surface area contributed by atoms with Crippen LogP contribution in [-0.4, -0.2) is 44.5 Å². The highest BCUT2D eigenvalue weighted by atomic mass is 16.5. The number of para-hydroxylation sites is 2. The maximum atomic E-state index is 13.0. The minimum Gasteiger partial charge on any atom is -0.474 e. The van der Waals surface area contributed by atoms with E-state index in [2.05, 4.69) is 20.6 Å². The van der Waals surface area contributed by atoms with Gasteiger partial charge in [0.1, 0.15) is 11.9 Å². The number of aryl methyl sites for hydroxylation is 1. The average molecular weight is 390 g/mol. The van der Waals surface area contributed by atoms with Crippen LogP contribution in [0.5, 0.6) is 5.88 Å². The first-order chi connectivity index (χ1) is 14.2. The summed E-state index contributed by atoms with van der Waals surface area (Å²) in [6.07, 6.45) is 7.50. The van der Waals surface area contributed by atoms with E-state index >= 15 is 0 Å². The van der Waals surface area contributed by atoms with Crippen LogP contribution in [0.4, 0.5) is 0 Å². The van der Waals surface area contributed by atoms with E-state index < -0.39 is 0 Å². The molecule has 3 aromatic rings. The smallest absolute Gasteiger partial charge is 0.255 e. The summed E-state index contributed by atoms with van der Waals surface area (Å²) >= 11 is 0. The fourth-order valence-electron chi connectivity index (χ4n) is 4.70. The number of carbonyl (C=O) groups excluding carboxylic acids is 1. The molecule has 1 amide bonds. The Hall–Kier alpha value is -2.89. The van der Waals surface area contributed by atoms with Crippen LogP contribution in [0, 0.1) is 6.92 Å². The maximum Gasteiger partial charge on any atom is 0.255 e. The number of imidazole rings is 1. The molecule has 1 saturated carbocycles. The van der Waals surface area contributed by atoms with Gasteiger partial charge in [-0.25, -0.2) is 9.97 Å². The monoisotopic (exact) mass is 390 g/mol. The molecule has 2 aliphatic rings. The minimum atomic E-state index is 0.0366. The van der Waals surface area contributed by atoms with Crippen molar-refractivity contribution in [2.24, 2.45) is 0 Å². The van der Waals surface area contributed by atoms with Gasteiger partial charge in [-0.05, 0) is 57.2 Å². The SMILES string of the molecule is Cc1nc2ccccc2n1[C@@H]1CCN(C(=O)c2ccc(OC3CCCC3)nc2)C1. The zero-order valence-electron chi connectivity index (χ0n) is 16.8. The van der Waals surface area contributed by atoms with Crippen LogP contribution in [0.2, 0.25) is 0 Å². The fourth-order valence-corrected chi connectivity index (χ4v) is 4.70. The second-order valence-corrected chi connectivity index (χ2v) is 8.12. The second-order valence-electron chi connectivity index (χ2n) is 8.12. The van der Waals surface area contributed by atoms with E-state index in [9.17, 15) is 4.79 Å². The number of nitrogens with zero attached hydrogens (tertiary/aromatic N) is 4. The number of likely N-dealkylation sites (tertiary alicyclic amines) is 1. The highest BCUT2D eigenvalue weighted by Crippen LogP contribution is 2.29. The zero-order chi connectivity index (χ0) is 19.8. The number of rotatable bonds is 4. The normalized spacial score (nSPS) is 19.9. The summed E-state index contributed by atoms with van der Waals surface area (Å²) in [5, 5.41) is 0. The van der Waals surface area contributed by atoms with Crippen molar-refractivity contribution in [1.29, 1.82) is 0 Å². The molecule has 0 bridgehead atoms. The van der Waals surface area contributed by atoms with Gasteiger partial charge in [0.25, 0.3) is 5.91 Å². The molecule has 1 atom stereocenters. The molecule has 29 heavy (non-hydrogen) atoms. The van der Waals surface area contributed by atoms with E-state index in [1.165, 1.54) is 12.8 Å². The lowest BCUT2D eigenvalue weighted by Crippen LogP contribution is -2.29. The molecule has 1 aliphatic carbocycles. The van der Waals surface area contributed by atoms with Crippen LogP contribution in [0.15, 0.2) is 42.6 Å². The second kappa shape index (κ2) is 7.50. The molecule has 0 N–H and O–H groups in total. The number of pyridine rings is 1. The molecule has 150 valence electrons. The molecular formula is C23H26N4O2. The Labute approximate surface area is 170 Å². The van der Waals surface area contributed by atoms with Gasteiger partial charge < -0.3 is 14.2 Å². The molecule has 6 nitrogen and oxygen atoms in total. The quantitative estimate of drug-likeness (QED) is 0.671. The summed E-state index contributed by atoms with van der Waals surface area (Å²) in [7, 11) is 0. The standard InChI is InChI=1S/C23H26N4O2/c1-16-25-20-8-4-5-9-21(20)27(16)18-12-13-26(15-18)23(28)17-10-11-22(24-14-17)29-19-6-2-3-7-19/h4-5,8-11,14,18-19H,2-3,6-7,12-13,15H2,1H3/t18-/m1/s1. The first-order valence-electron chi connectivity index (χ1n) is 10.5. The summed E-state index contributed by atoms with van der Waals surface area (Å²) < 4.78 is 8.19. The summed E-state index contributed by atoms with van der Waals surface area (Å²) in [6, 6.07) is 12.1. The van der Waals surface area contributed by atoms with Crippen molar-refractivity contribution in [1.82, 2.24) is 19.4 Å². The maximum absolute atomic E-state index is 13.0. The van der Waals surface area contributed by atoms with Gasteiger partial charge in [0.05, 0.1) is 22.6 Å². The molecule has 1 saturated heterocycles. The van der Waals surface area contributed by atoms with Crippen LogP contribution in [0.1, 0.15) is 54.3 Å². The predicted molar refractivity (Wildman–Crippen MR) is 111 cm³/mol. The molecule has 2 aromatic heterocycles. The lowest BCUT2D eigenvalue weighted by molar-refractivity contribution is 0.0787. The van der Waals surface area contributed by atoms with E-state index in [0.29, 0.717) is 18.0 Å². The van der Waals surface area contributed by atoms with Gasteiger partial charge in [-0.1, -0.05) is 12.1 Å². The third kappa shape index (κ3) is 3.48. The minimum absolute atomic E-state index is 0.0366. The zero-order valence-corrected chi connectivity index (χ0v) is 16.8. The Morgan fingerprint density at radius 3 is 2.72 bits per heavy atom. The molecule has 1 aromatic carbocycles. The third-order valence-electron chi connectivity index (χ3n) is 6.16. The van der Waals surface area contributed by atoms with Gasteiger partial charge in [-0.3, -0.25) is 4.79 Å². The fraction of sp³-hybridized carbons (Fsp3) is 0.435. The number of carbonyl (C=O) groups is 1. The van der Waals surface area contributed by atoms with Gasteiger partial charge in [-0.15, -0.1) is 0 Å². The Morgan fingerprint density at radius 2 is 1.93 bits per heavy atom. The first-order valence-corrected chi connectivity index (χ1v) is 10.5. The van der Waals surface area contributed by atoms with Gasteiger partial charge >= 0.3 is 0 Å². The summed E-state index contributed by atoms with van der Waals surface area (Å²) in [5.41, 5.74) is 2.77. The Bertz CT molecular complexity index is 1020. The molecule has 1 aliphatic heterocycles. The lowest BCUT2D eigenvalue weighted by atomic mass is 10.2. The van der Waals surface area contributed by atoms with Crippen molar-refractivity contribution in [3.05, 3.63) is 54.0 Å². The summed E-state index contributed by atoms with van der Waals surface area (Å²) in [4.78, 5) is 24.0. The van der Waals surface area contributed by atoms with Crippen molar-refractivity contribution in [2.45, 2.75) is 51.2 Å². The first kappa shape index (κ1) is 18.2. The largest absolute Gasteiger partial charge is 0.474 e. The molecule has 2 fully saturated rings. The van der Waals surface area contributed by atoms with Gasteiger partial charge in [0.2, 0.25) is 5.88 Å². The van der Waals surface area contributed by atoms with E-state index in [-0.39, 0.29) is 18.1 Å².